The molecule has 1 aliphatic rings. The quantitative estimate of drug-likeness (QED) is 0.350. The lowest BCUT2D eigenvalue weighted by Crippen LogP contribution is -2.38. The van der Waals surface area contributed by atoms with Gasteiger partial charge in [-0.2, -0.15) is 0 Å². The van der Waals surface area contributed by atoms with E-state index in [1.807, 2.05) is 0 Å². The molecule has 1 aliphatic carbocycles. The molecular formula is C32H44. The van der Waals surface area contributed by atoms with Gasteiger partial charge in [0.25, 0.3) is 0 Å². The van der Waals surface area contributed by atoms with E-state index in [2.05, 4.69) is 76.2 Å². The van der Waals surface area contributed by atoms with E-state index in [0.29, 0.717) is 0 Å². The second-order valence-corrected chi connectivity index (χ2v) is 9.42. The summed E-state index contributed by atoms with van der Waals surface area (Å²) < 4.78 is 0. The molecule has 0 aromatic heterocycles. The molecule has 0 spiro atoms. The molecule has 32 heavy (non-hydrogen) atoms. The van der Waals surface area contributed by atoms with Gasteiger partial charge < -0.3 is 0 Å². The number of unbranched alkanes of at least 4 members (excludes halogenated alkanes) is 4. The number of rotatable bonds is 12. The molecule has 0 saturated carbocycles. The van der Waals surface area contributed by atoms with Crippen LogP contribution in [-0.2, 0) is 0 Å². The summed E-state index contributed by atoms with van der Waals surface area (Å²) in [6, 6.07) is 18.7. The summed E-state index contributed by atoms with van der Waals surface area (Å²) in [5.74, 6) is 0. The molecule has 0 fully saturated rings. The molecule has 2 aromatic carbocycles. The van der Waals surface area contributed by atoms with Gasteiger partial charge in [-0.3, -0.25) is 0 Å². The predicted octanol–water partition coefficient (Wildman–Crippen LogP) is 6.76. The van der Waals surface area contributed by atoms with E-state index in [1.54, 1.807) is 22.3 Å². The van der Waals surface area contributed by atoms with Crippen molar-refractivity contribution < 1.29 is 0 Å². The van der Waals surface area contributed by atoms with Gasteiger partial charge in [0.15, 0.2) is 0 Å². The second-order valence-electron chi connectivity index (χ2n) is 9.42. The van der Waals surface area contributed by atoms with Gasteiger partial charge in [-0.05, 0) is 94.5 Å². The zero-order valence-electron chi connectivity index (χ0n) is 21.1. The molecule has 2 aromatic rings. The lowest BCUT2D eigenvalue weighted by Gasteiger charge is -2.20. The van der Waals surface area contributed by atoms with Crippen molar-refractivity contribution in [2.45, 2.75) is 105 Å². The van der Waals surface area contributed by atoms with Crippen LogP contribution in [-0.4, -0.2) is 0 Å². The highest BCUT2D eigenvalue weighted by molar-refractivity contribution is 5.94. The Kier molecular flexibility index (Phi) is 9.85. The molecule has 0 saturated heterocycles. The molecule has 3 rings (SSSR count). The van der Waals surface area contributed by atoms with Crippen LogP contribution in [0, 0.1) is 0 Å². The molecule has 0 heterocycles. The molecule has 0 heteroatoms. The van der Waals surface area contributed by atoms with Crippen molar-refractivity contribution in [1.29, 1.82) is 0 Å². The molecule has 0 bridgehead atoms. The standard InChI is InChI=1S/C32H44/c1-5-9-17-25-26(18-10-6-2)30-22-15-16-24-32(30)28(20-12-8-4)27(19-11-7-3)31-23-14-13-21-29(25)31/h13-16,21-24H,5-12,17-20H2,1-4H3/b26-25?,28-27?,29-25-,30-26-,31-27-,32-28-. The summed E-state index contributed by atoms with van der Waals surface area (Å²) in [5.41, 5.74) is 6.47. The van der Waals surface area contributed by atoms with Crippen molar-refractivity contribution in [2.24, 2.45) is 0 Å². The van der Waals surface area contributed by atoms with E-state index in [0.717, 1.165) is 0 Å². The van der Waals surface area contributed by atoms with Crippen molar-refractivity contribution in [3.05, 3.63) is 69.4 Å². The largest absolute Gasteiger partial charge is 0.0654 e. The summed E-state index contributed by atoms with van der Waals surface area (Å²) >= 11 is 0. The van der Waals surface area contributed by atoms with E-state index in [9.17, 15) is 0 Å². The van der Waals surface area contributed by atoms with Gasteiger partial charge in [-0.25, -0.2) is 0 Å². The smallest absolute Gasteiger partial charge is 0.0146 e. The number of fused-ring (bicyclic) bond motifs is 2. The fourth-order valence-electron chi connectivity index (χ4n) is 5.23. The maximum absolute atomic E-state index is 2.42. The molecule has 0 amide bonds. The Morgan fingerprint density at radius 3 is 0.781 bits per heavy atom. The number of benzene rings is 2. The van der Waals surface area contributed by atoms with Crippen LogP contribution in [0.1, 0.15) is 105 Å². The monoisotopic (exact) mass is 428 g/mol. The van der Waals surface area contributed by atoms with E-state index in [1.165, 1.54) is 97.9 Å². The maximum atomic E-state index is 2.42. The third kappa shape index (κ3) is 5.64. The number of hydrogen-bond donors (Lipinski definition) is 0. The predicted molar refractivity (Wildman–Crippen MR) is 143 cm³/mol. The van der Waals surface area contributed by atoms with E-state index in [4.69, 9.17) is 0 Å². The van der Waals surface area contributed by atoms with Crippen LogP contribution in [0.15, 0.2) is 48.5 Å². The Morgan fingerprint density at radius 1 is 0.375 bits per heavy atom. The summed E-state index contributed by atoms with van der Waals surface area (Å²) in [5, 5.41) is 6.06. The van der Waals surface area contributed by atoms with Crippen molar-refractivity contribution in [3.63, 3.8) is 0 Å². The first kappa shape index (κ1) is 24.6. The molecule has 0 nitrogen and oxygen atoms in total. The van der Waals surface area contributed by atoms with E-state index < -0.39 is 0 Å². The van der Waals surface area contributed by atoms with E-state index >= 15 is 0 Å². The highest BCUT2D eigenvalue weighted by Crippen LogP contribution is 2.26. The minimum Gasteiger partial charge on any atom is -0.0654 e. The Bertz CT molecular complexity index is 932. The molecule has 0 unspecified atom stereocenters. The molecule has 172 valence electrons. The topological polar surface area (TPSA) is 0 Å². The van der Waals surface area contributed by atoms with Gasteiger partial charge in [0.1, 0.15) is 0 Å². The second kappa shape index (κ2) is 12.8. The molecular weight excluding hydrogens is 384 g/mol. The average molecular weight is 429 g/mol. The van der Waals surface area contributed by atoms with Crippen LogP contribution in [0.2, 0.25) is 0 Å². The summed E-state index contributed by atoms with van der Waals surface area (Å²) in [6.45, 7) is 9.30. The Balaban J connectivity index is 2.53. The van der Waals surface area contributed by atoms with Crippen molar-refractivity contribution in [2.75, 3.05) is 0 Å². The van der Waals surface area contributed by atoms with Gasteiger partial charge in [0, 0.05) is 0 Å². The van der Waals surface area contributed by atoms with Crippen molar-refractivity contribution in [1.82, 2.24) is 0 Å². The Hall–Kier alpha value is -2.08. The highest BCUT2D eigenvalue weighted by atomic mass is 14.2. The first-order valence-electron chi connectivity index (χ1n) is 13.4. The maximum Gasteiger partial charge on any atom is -0.0146 e. The van der Waals surface area contributed by atoms with Gasteiger partial charge in [-0.15, -0.1) is 0 Å². The summed E-state index contributed by atoms with van der Waals surface area (Å²) in [4.78, 5) is 0. The molecule has 0 aliphatic heterocycles. The zero-order valence-corrected chi connectivity index (χ0v) is 21.1. The van der Waals surface area contributed by atoms with Crippen LogP contribution < -0.4 is 20.9 Å². The van der Waals surface area contributed by atoms with Gasteiger partial charge in [0.2, 0.25) is 0 Å². The third-order valence-corrected chi connectivity index (χ3v) is 7.00. The third-order valence-electron chi connectivity index (χ3n) is 7.00. The van der Waals surface area contributed by atoms with Crippen LogP contribution in [0.4, 0.5) is 0 Å². The van der Waals surface area contributed by atoms with E-state index in [-0.39, 0.29) is 0 Å². The Labute approximate surface area is 196 Å². The van der Waals surface area contributed by atoms with Gasteiger partial charge >= 0.3 is 0 Å². The lowest BCUT2D eigenvalue weighted by molar-refractivity contribution is 0.798. The fourth-order valence-corrected chi connectivity index (χ4v) is 5.23. The van der Waals surface area contributed by atoms with Crippen LogP contribution in [0.3, 0.4) is 0 Å². The van der Waals surface area contributed by atoms with Crippen molar-refractivity contribution in [3.8, 4) is 0 Å². The lowest BCUT2D eigenvalue weighted by atomic mass is 9.84. The normalized spacial score (nSPS) is 20.4. The first-order chi connectivity index (χ1) is 15.8. The fraction of sp³-hybridized carbons (Fsp3) is 0.500. The van der Waals surface area contributed by atoms with Crippen LogP contribution >= 0.6 is 0 Å². The van der Waals surface area contributed by atoms with Gasteiger partial charge in [-0.1, -0.05) is 102 Å². The average Bonchev–Trinajstić information content (AvgIpc) is 2.83. The summed E-state index contributed by atoms with van der Waals surface area (Å²) in [6.07, 6.45) is 14.8. The number of hydrogen-bond acceptors (Lipinski definition) is 0. The highest BCUT2D eigenvalue weighted by Gasteiger charge is 2.16. The molecule has 0 N–H and O–H groups in total. The summed E-state index contributed by atoms with van der Waals surface area (Å²) in [7, 11) is 0. The zero-order chi connectivity index (χ0) is 22.8. The van der Waals surface area contributed by atoms with Crippen molar-refractivity contribution >= 4 is 22.3 Å². The SMILES string of the molecule is CCCCC1=c2\cccc\c2=C(CCCC)\C(CCCC)=c2\cccc\c2=C\1CCCC. The molecule has 0 radical (unpaired) electrons. The van der Waals surface area contributed by atoms with Crippen LogP contribution in [0.5, 0.6) is 0 Å². The first-order valence-corrected chi connectivity index (χ1v) is 13.4. The Morgan fingerprint density at radius 2 is 0.594 bits per heavy atom. The minimum absolute atomic E-state index is 1.19. The van der Waals surface area contributed by atoms with Crippen LogP contribution in [0.25, 0.3) is 22.3 Å². The van der Waals surface area contributed by atoms with Gasteiger partial charge in [0.05, 0.1) is 0 Å². The minimum atomic E-state index is 1.19. The molecule has 0 atom stereocenters.